The van der Waals surface area contributed by atoms with Crippen molar-refractivity contribution in [2.75, 3.05) is 72.9 Å². The van der Waals surface area contributed by atoms with Gasteiger partial charge < -0.3 is 29.7 Å². The first-order valence-corrected chi connectivity index (χ1v) is 18.9. The molecule has 0 aliphatic carbocycles. The van der Waals surface area contributed by atoms with Gasteiger partial charge in [0.2, 0.25) is 10.0 Å². The molecule has 14 heteroatoms. The Balaban J connectivity index is 1.19. The lowest BCUT2D eigenvalue weighted by molar-refractivity contribution is -0.119. The second-order valence-electron chi connectivity index (χ2n) is 11.8. The standard InChI is InChI=1S/C34H50Cl2N4O7S/c1-3-7-28(41)8-5-4-6-13-37-34(42)38-14-16-45-18-20-47-21-19-46-17-15-39-48(43,44)29-11-9-26(10-12-29)31-24-40(2)25-32-30(31)22-27(35)23-33(32)36/h9-12,22-23,31,39H,3-8,13-21,24-25H2,1-2H3,(H2,37,38,42)/t31-/m0/s1. The maximum atomic E-state index is 12.8. The molecule has 0 bridgehead atoms. The Morgan fingerprint density at radius 2 is 1.50 bits per heavy atom. The van der Waals surface area contributed by atoms with Crippen molar-refractivity contribution in [2.24, 2.45) is 0 Å². The van der Waals surface area contributed by atoms with Gasteiger partial charge in [-0.3, -0.25) is 4.79 Å². The number of likely N-dealkylation sites (N-methyl/N-ethyl adjacent to an activating group) is 1. The summed E-state index contributed by atoms with van der Waals surface area (Å²) in [6.45, 7) is 6.59. The van der Waals surface area contributed by atoms with E-state index in [-0.39, 0.29) is 30.0 Å². The van der Waals surface area contributed by atoms with Crippen LogP contribution in [0.1, 0.15) is 68.1 Å². The number of urea groups is 1. The molecule has 0 saturated heterocycles. The first-order chi connectivity index (χ1) is 23.1. The molecule has 1 aliphatic heterocycles. The van der Waals surface area contributed by atoms with E-state index in [1.54, 1.807) is 18.2 Å². The fourth-order valence-corrected chi connectivity index (χ4v) is 6.99. The minimum atomic E-state index is -3.69. The van der Waals surface area contributed by atoms with Gasteiger partial charge in [0.1, 0.15) is 5.78 Å². The largest absolute Gasteiger partial charge is 0.378 e. The van der Waals surface area contributed by atoms with E-state index in [4.69, 9.17) is 37.4 Å². The summed E-state index contributed by atoms with van der Waals surface area (Å²) in [7, 11) is -1.66. The number of hydrogen-bond acceptors (Lipinski definition) is 8. The number of nitrogens with zero attached hydrogens (tertiary/aromatic N) is 1. The van der Waals surface area contributed by atoms with Crippen LogP contribution in [-0.4, -0.2) is 98.0 Å². The SMILES string of the molecule is CCCC(=O)CCCCCNC(=O)NCCOCCOCCOCCNS(=O)(=O)c1ccc([C@@H]2CN(C)Cc3c(Cl)cc(Cl)cc32)cc1. The maximum Gasteiger partial charge on any atom is 0.314 e. The molecule has 0 radical (unpaired) electrons. The molecule has 268 valence electrons. The van der Waals surface area contributed by atoms with E-state index in [2.05, 4.69) is 20.3 Å². The van der Waals surface area contributed by atoms with Crippen molar-refractivity contribution in [2.45, 2.75) is 62.8 Å². The van der Waals surface area contributed by atoms with Gasteiger partial charge in [-0.25, -0.2) is 17.9 Å². The van der Waals surface area contributed by atoms with E-state index in [1.165, 1.54) is 0 Å². The molecule has 0 fully saturated rings. The highest BCUT2D eigenvalue weighted by Gasteiger charge is 2.27. The van der Waals surface area contributed by atoms with Crippen LogP contribution in [0.4, 0.5) is 4.79 Å². The molecule has 2 aromatic carbocycles. The third-order valence-corrected chi connectivity index (χ3v) is 9.88. The Morgan fingerprint density at radius 3 is 2.19 bits per heavy atom. The zero-order chi connectivity index (χ0) is 34.8. The van der Waals surface area contributed by atoms with Crippen molar-refractivity contribution >= 4 is 45.0 Å². The number of rotatable bonds is 23. The number of Topliss-reactive ketones (excluding diaryl/α,β-unsaturated/α-hetero) is 1. The summed E-state index contributed by atoms with van der Waals surface area (Å²) in [5.74, 6) is 0.340. The highest BCUT2D eigenvalue weighted by molar-refractivity contribution is 7.89. The van der Waals surface area contributed by atoms with E-state index in [0.29, 0.717) is 74.8 Å². The second kappa shape index (κ2) is 21.7. The normalized spacial score (nSPS) is 14.9. The number of carbonyl (C=O) groups excluding carboxylic acids is 2. The van der Waals surface area contributed by atoms with Crippen molar-refractivity contribution in [1.29, 1.82) is 0 Å². The quantitative estimate of drug-likeness (QED) is 0.134. The summed E-state index contributed by atoms with van der Waals surface area (Å²) in [6.07, 6.45) is 4.80. The minimum absolute atomic E-state index is 0.0261. The minimum Gasteiger partial charge on any atom is -0.378 e. The fourth-order valence-electron chi connectivity index (χ4n) is 5.41. The van der Waals surface area contributed by atoms with Crippen molar-refractivity contribution in [1.82, 2.24) is 20.3 Å². The van der Waals surface area contributed by atoms with Crippen LogP contribution in [-0.2, 0) is 35.6 Å². The molecule has 11 nitrogen and oxygen atoms in total. The third kappa shape index (κ3) is 14.3. The van der Waals surface area contributed by atoms with E-state index >= 15 is 0 Å². The van der Waals surface area contributed by atoms with Gasteiger partial charge in [-0.2, -0.15) is 0 Å². The Kier molecular flexibility index (Phi) is 18.2. The average Bonchev–Trinajstić information content (AvgIpc) is 3.05. The number of carbonyl (C=O) groups is 2. The third-order valence-electron chi connectivity index (χ3n) is 7.85. The summed E-state index contributed by atoms with van der Waals surface area (Å²) in [6, 6.07) is 10.4. The van der Waals surface area contributed by atoms with Crippen molar-refractivity contribution in [3.63, 3.8) is 0 Å². The monoisotopic (exact) mass is 728 g/mol. The molecule has 1 atom stereocenters. The molecule has 0 spiro atoms. The van der Waals surface area contributed by atoms with Gasteiger partial charge in [-0.15, -0.1) is 0 Å². The number of hydrogen-bond donors (Lipinski definition) is 3. The Hall–Kier alpha value is -2.29. The smallest absolute Gasteiger partial charge is 0.314 e. The number of nitrogens with one attached hydrogen (secondary N) is 3. The lowest BCUT2D eigenvalue weighted by Gasteiger charge is -2.33. The summed E-state index contributed by atoms with van der Waals surface area (Å²) >= 11 is 12.8. The lowest BCUT2D eigenvalue weighted by atomic mass is 9.85. The van der Waals surface area contributed by atoms with Gasteiger partial charge in [-0.05, 0) is 67.3 Å². The topological polar surface area (TPSA) is 135 Å². The number of unbranched alkanes of at least 4 members (excludes halogenated alkanes) is 2. The summed E-state index contributed by atoms with van der Waals surface area (Å²) < 4.78 is 44.6. The predicted molar refractivity (Wildman–Crippen MR) is 189 cm³/mol. The van der Waals surface area contributed by atoms with Gasteiger partial charge in [0.25, 0.3) is 0 Å². The van der Waals surface area contributed by atoms with Crippen LogP contribution in [0.15, 0.2) is 41.3 Å². The Bertz CT molecular complexity index is 1400. The van der Waals surface area contributed by atoms with E-state index in [1.807, 2.05) is 32.2 Å². The van der Waals surface area contributed by atoms with Crippen molar-refractivity contribution < 1.29 is 32.2 Å². The number of ketones is 1. The average molecular weight is 730 g/mol. The summed E-state index contributed by atoms with van der Waals surface area (Å²) in [5, 5.41) is 6.75. The van der Waals surface area contributed by atoms with Crippen LogP contribution in [0, 0.1) is 0 Å². The molecule has 2 aromatic rings. The summed E-state index contributed by atoms with van der Waals surface area (Å²) in [5.41, 5.74) is 3.10. The van der Waals surface area contributed by atoms with E-state index in [9.17, 15) is 18.0 Å². The Morgan fingerprint density at radius 1 is 0.854 bits per heavy atom. The van der Waals surface area contributed by atoms with Crippen LogP contribution in [0.25, 0.3) is 0 Å². The maximum absolute atomic E-state index is 12.8. The molecular weight excluding hydrogens is 679 g/mol. The molecule has 48 heavy (non-hydrogen) atoms. The molecule has 0 unspecified atom stereocenters. The first kappa shape index (κ1) is 40.1. The molecule has 0 saturated carbocycles. The van der Waals surface area contributed by atoms with Crippen LogP contribution in [0.5, 0.6) is 0 Å². The predicted octanol–water partition coefficient (Wildman–Crippen LogP) is 5.13. The van der Waals surface area contributed by atoms with E-state index < -0.39 is 10.0 Å². The van der Waals surface area contributed by atoms with Crippen molar-refractivity contribution in [3.05, 3.63) is 63.1 Å². The molecule has 1 heterocycles. The molecule has 3 N–H and O–H groups in total. The Labute approximate surface area is 295 Å². The number of ether oxygens (including phenoxy) is 3. The van der Waals surface area contributed by atoms with Crippen LogP contribution in [0.3, 0.4) is 0 Å². The second-order valence-corrected chi connectivity index (χ2v) is 14.4. The highest BCUT2D eigenvalue weighted by Crippen LogP contribution is 2.38. The first-order valence-electron chi connectivity index (χ1n) is 16.6. The molecule has 2 amide bonds. The lowest BCUT2D eigenvalue weighted by Crippen LogP contribution is -2.37. The zero-order valence-corrected chi connectivity index (χ0v) is 30.4. The van der Waals surface area contributed by atoms with Gasteiger partial charge in [0.05, 0.1) is 44.5 Å². The molecular formula is C34H50Cl2N4O7S. The van der Waals surface area contributed by atoms with Crippen LogP contribution >= 0.6 is 23.2 Å². The van der Waals surface area contributed by atoms with Gasteiger partial charge in [0, 0.05) is 61.5 Å². The summed E-state index contributed by atoms with van der Waals surface area (Å²) in [4.78, 5) is 25.6. The molecule has 0 aromatic heterocycles. The fraction of sp³-hybridized carbons (Fsp3) is 0.588. The number of benzene rings is 2. The number of halogens is 2. The number of amides is 2. The number of fused-ring (bicyclic) bond motifs is 1. The number of sulfonamides is 1. The van der Waals surface area contributed by atoms with Gasteiger partial charge >= 0.3 is 6.03 Å². The highest BCUT2D eigenvalue weighted by atomic mass is 35.5. The van der Waals surface area contributed by atoms with Gasteiger partial charge in [0.15, 0.2) is 0 Å². The van der Waals surface area contributed by atoms with Crippen LogP contribution in [0.2, 0.25) is 10.0 Å². The zero-order valence-electron chi connectivity index (χ0n) is 28.0. The van der Waals surface area contributed by atoms with E-state index in [0.717, 1.165) is 55.5 Å². The van der Waals surface area contributed by atoms with Crippen LogP contribution < -0.4 is 15.4 Å². The van der Waals surface area contributed by atoms with Gasteiger partial charge in [-0.1, -0.05) is 48.7 Å². The molecule has 3 rings (SSSR count). The van der Waals surface area contributed by atoms with Crippen molar-refractivity contribution in [3.8, 4) is 0 Å². The molecule has 1 aliphatic rings.